The van der Waals surface area contributed by atoms with Gasteiger partial charge in [-0.3, -0.25) is 0 Å². The molecule has 10 heteroatoms. The number of hydrogen-bond acceptors (Lipinski definition) is 3. The molecule has 0 bridgehead atoms. The lowest BCUT2D eigenvalue weighted by atomic mass is 10.0. The largest absolute Gasteiger partial charge is 0.418 e. The number of carbonyl (C=O) groups excluding carboxylic acids is 1. The number of urea groups is 1. The van der Waals surface area contributed by atoms with E-state index in [1.165, 1.54) is 22.5 Å². The Labute approximate surface area is 195 Å². The van der Waals surface area contributed by atoms with Crippen molar-refractivity contribution >= 4 is 27.4 Å². The summed E-state index contributed by atoms with van der Waals surface area (Å²) >= 11 is 0. The Bertz CT molecular complexity index is 1320. The van der Waals surface area contributed by atoms with Crippen LogP contribution in [0.5, 0.6) is 0 Å². The zero-order valence-corrected chi connectivity index (χ0v) is 19.0. The third-order valence-corrected chi connectivity index (χ3v) is 7.44. The van der Waals surface area contributed by atoms with Crippen LogP contribution in [0.1, 0.15) is 22.3 Å². The summed E-state index contributed by atoms with van der Waals surface area (Å²) in [7, 11) is -3.69. The molecule has 0 saturated carbocycles. The minimum atomic E-state index is -4.61. The van der Waals surface area contributed by atoms with Crippen molar-refractivity contribution in [3.63, 3.8) is 0 Å². The van der Waals surface area contributed by atoms with Crippen molar-refractivity contribution in [1.29, 1.82) is 0 Å². The fraction of sp³-hybridized carbons (Fsp3) is 0.208. The van der Waals surface area contributed by atoms with Crippen LogP contribution in [-0.4, -0.2) is 25.3 Å². The smallest absolute Gasteiger partial charge is 0.308 e. The van der Waals surface area contributed by atoms with Crippen molar-refractivity contribution in [2.75, 3.05) is 17.2 Å². The lowest BCUT2D eigenvalue weighted by molar-refractivity contribution is -0.136. The summed E-state index contributed by atoms with van der Waals surface area (Å²) in [6, 6.07) is 15.5. The van der Waals surface area contributed by atoms with E-state index in [1.54, 1.807) is 42.5 Å². The molecule has 0 spiro atoms. The zero-order valence-electron chi connectivity index (χ0n) is 18.2. The Hall–Kier alpha value is -3.37. The number of alkyl halides is 3. The summed E-state index contributed by atoms with van der Waals surface area (Å²) < 4.78 is 67.0. The van der Waals surface area contributed by atoms with E-state index in [9.17, 15) is 26.4 Å². The fourth-order valence-corrected chi connectivity index (χ4v) is 5.22. The van der Waals surface area contributed by atoms with Gasteiger partial charge in [-0.25, -0.2) is 13.2 Å². The Balaban J connectivity index is 1.49. The summed E-state index contributed by atoms with van der Waals surface area (Å²) in [5.41, 5.74) is 1.65. The Kier molecular flexibility index (Phi) is 6.37. The van der Waals surface area contributed by atoms with Crippen molar-refractivity contribution in [3.8, 4) is 0 Å². The molecule has 1 heterocycles. The number of fused-ring (bicyclic) bond motifs is 1. The van der Waals surface area contributed by atoms with E-state index < -0.39 is 27.8 Å². The highest BCUT2D eigenvalue weighted by Gasteiger charge is 2.33. The number of hydrogen-bond donors (Lipinski definition) is 2. The van der Waals surface area contributed by atoms with E-state index in [2.05, 4.69) is 10.6 Å². The lowest BCUT2D eigenvalue weighted by Gasteiger charge is -2.28. The number of nitrogens with zero attached hydrogens (tertiary/aromatic N) is 1. The third kappa shape index (κ3) is 5.07. The molecule has 0 atom stereocenters. The van der Waals surface area contributed by atoms with Gasteiger partial charge in [-0.15, -0.1) is 0 Å². The van der Waals surface area contributed by atoms with E-state index in [1.807, 2.05) is 6.92 Å². The molecule has 3 aromatic rings. The van der Waals surface area contributed by atoms with Gasteiger partial charge >= 0.3 is 12.2 Å². The van der Waals surface area contributed by atoms with E-state index in [4.69, 9.17) is 0 Å². The molecule has 0 saturated heterocycles. The highest BCUT2D eigenvalue weighted by molar-refractivity contribution is 7.89. The maximum Gasteiger partial charge on any atom is 0.418 e. The molecule has 0 aromatic heterocycles. The van der Waals surface area contributed by atoms with E-state index in [0.717, 1.165) is 22.8 Å². The molecule has 0 fully saturated rings. The van der Waals surface area contributed by atoms with Crippen LogP contribution < -0.4 is 10.6 Å². The van der Waals surface area contributed by atoms with Crippen LogP contribution in [0.15, 0.2) is 71.6 Å². The van der Waals surface area contributed by atoms with Crippen LogP contribution in [-0.2, 0) is 29.2 Å². The number of halogens is 3. The van der Waals surface area contributed by atoms with Gasteiger partial charge in [0.2, 0.25) is 10.0 Å². The van der Waals surface area contributed by atoms with Gasteiger partial charge < -0.3 is 10.6 Å². The van der Waals surface area contributed by atoms with E-state index in [-0.39, 0.29) is 17.1 Å². The summed E-state index contributed by atoms with van der Waals surface area (Å²) in [6.07, 6.45) is -4.10. The highest BCUT2D eigenvalue weighted by Crippen LogP contribution is 2.34. The third-order valence-electron chi connectivity index (χ3n) is 5.58. The molecule has 1 aliphatic heterocycles. The molecule has 2 amide bonds. The number of aryl methyl sites for hydroxylation is 1. The predicted molar refractivity (Wildman–Crippen MR) is 123 cm³/mol. The van der Waals surface area contributed by atoms with Gasteiger partial charge in [-0.2, -0.15) is 17.5 Å². The molecule has 1 aliphatic rings. The molecule has 6 nitrogen and oxygen atoms in total. The number of sulfonamides is 1. The maximum atomic E-state index is 13.2. The van der Waals surface area contributed by atoms with Crippen LogP contribution in [0.2, 0.25) is 0 Å². The summed E-state index contributed by atoms with van der Waals surface area (Å²) in [5.74, 6) is 0. The molecule has 178 valence electrons. The monoisotopic (exact) mass is 489 g/mol. The average Bonchev–Trinajstić information content (AvgIpc) is 2.78. The normalized spacial score (nSPS) is 14.4. The molecular weight excluding hydrogens is 467 g/mol. The Morgan fingerprint density at radius 3 is 2.35 bits per heavy atom. The van der Waals surface area contributed by atoms with Crippen LogP contribution >= 0.6 is 0 Å². The van der Waals surface area contributed by atoms with Gasteiger partial charge in [-0.1, -0.05) is 35.9 Å². The van der Waals surface area contributed by atoms with Gasteiger partial charge in [0.15, 0.2) is 0 Å². The Morgan fingerprint density at radius 2 is 1.65 bits per heavy atom. The minimum absolute atomic E-state index is 0.125. The maximum absolute atomic E-state index is 13.2. The first-order valence-corrected chi connectivity index (χ1v) is 11.9. The van der Waals surface area contributed by atoms with E-state index in [0.29, 0.717) is 18.7 Å². The summed E-state index contributed by atoms with van der Waals surface area (Å²) in [4.78, 5) is 12.6. The van der Waals surface area contributed by atoms with Crippen LogP contribution in [0.25, 0.3) is 0 Å². The molecule has 4 rings (SSSR count). The molecular formula is C24H22F3N3O3S. The van der Waals surface area contributed by atoms with Gasteiger partial charge in [0.05, 0.1) is 16.1 Å². The SMILES string of the molecule is Cc1ccc(S(=O)(=O)N2CCc3ccc(NC(=O)Nc4ccccc4C(F)(F)F)cc3C2)cc1. The van der Waals surface area contributed by atoms with Crippen molar-refractivity contribution in [3.05, 3.63) is 89.0 Å². The van der Waals surface area contributed by atoms with Crippen LogP contribution in [0, 0.1) is 6.92 Å². The number of carbonyl (C=O) groups is 1. The van der Waals surface area contributed by atoms with Crippen molar-refractivity contribution in [2.45, 2.75) is 31.0 Å². The fourth-order valence-electron chi connectivity index (χ4n) is 3.80. The number of para-hydroxylation sites is 1. The number of anilines is 2. The first-order chi connectivity index (χ1) is 16.0. The Morgan fingerprint density at radius 1 is 0.941 bits per heavy atom. The minimum Gasteiger partial charge on any atom is -0.308 e. The first kappa shape index (κ1) is 23.8. The summed E-state index contributed by atoms with van der Waals surface area (Å²) in [6.45, 7) is 2.32. The van der Waals surface area contributed by atoms with Gasteiger partial charge in [0.25, 0.3) is 0 Å². The quantitative estimate of drug-likeness (QED) is 0.515. The number of rotatable bonds is 4. The molecule has 3 aromatic carbocycles. The topological polar surface area (TPSA) is 78.5 Å². The second-order valence-corrected chi connectivity index (χ2v) is 9.95. The standard InChI is InChI=1S/C24H22F3N3O3S/c1-16-6-10-20(11-7-16)34(32,33)30-13-12-17-8-9-19(14-18(17)15-30)28-23(31)29-22-5-3-2-4-21(22)24(25,26)27/h2-11,14H,12-13,15H2,1H3,(H2,28,29,31). The molecule has 0 unspecified atom stereocenters. The average molecular weight is 490 g/mol. The van der Waals surface area contributed by atoms with Gasteiger partial charge in [0.1, 0.15) is 0 Å². The van der Waals surface area contributed by atoms with Crippen molar-refractivity contribution in [1.82, 2.24) is 4.31 Å². The zero-order chi connectivity index (χ0) is 24.5. The number of nitrogens with one attached hydrogen (secondary N) is 2. The van der Waals surface area contributed by atoms with E-state index >= 15 is 0 Å². The molecule has 0 aliphatic carbocycles. The first-order valence-electron chi connectivity index (χ1n) is 10.5. The number of amides is 2. The molecule has 0 radical (unpaired) electrons. The second-order valence-electron chi connectivity index (χ2n) is 8.01. The van der Waals surface area contributed by atoms with Crippen molar-refractivity contribution < 1.29 is 26.4 Å². The van der Waals surface area contributed by atoms with Crippen LogP contribution in [0.4, 0.5) is 29.3 Å². The van der Waals surface area contributed by atoms with Crippen LogP contribution in [0.3, 0.4) is 0 Å². The van der Waals surface area contributed by atoms with Gasteiger partial charge in [0, 0.05) is 18.8 Å². The summed E-state index contributed by atoms with van der Waals surface area (Å²) in [5, 5.41) is 4.75. The highest BCUT2D eigenvalue weighted by atomic mass is 32.2. The van der Waals surface area contributed by atoms with Crippen molar-refractivity contribution in [2.24, 2.45) is 0 Å². The molecule has 2 N–H and O–H groups in total. The predicted octanol–water partition coefficient (Wildman–Crippen LogP) is 5.40. The second kappa shape index (κ2) is 9.11. The van der Waals surface area contributed by atoms with Gasteiger partial charge in [-0.05, 0) is 60.9 Å². The lowest BCUT2D eigenvalue weighted by Crippen LogP contribution is -2.36. The number of benzene rings is 3. The molecule has 34 heavy (non-hydrogen) atoms.